The van der Waals surface area contributed by atoms with Gasteiger partial charge in [-0.15, -0.1) is 0 Å². The van der Waals surface area contributed by atoms with Crippen molar-refractivity contribution >= 4 is 11.6 Å². The first-order valence-electron chi connectivity index (χ1n) is 6.53. The minimum atomic E-state index is -0.384. The van der Waals surface area contributed by atoms with Gasteiger partial charge < -0.3 is 9.84 Å². The highest BCUT2D eigenvalue weighted by molar-refractivity contribution is 6.31. The van der Waals surface area contributed by atoms with E-state index in [2.05, 4.69) is 0 Å². The summed E-state index contributed by atoms with van der Waals surface area (Å²) in [6.45, 7) is 2.01. The van der Waals surface area contributed by atoms with Crippen molar-refractivity contribution in [3.05, 3.63) is 34.3 Å². The van der Waals surface area contributed by atoms with Crippen LogP contribution in [0.2, 0.25) is 5.02 Å². The van der Waals surface area contributed by atoms with Crippen LogP contribution in [0.5, 0.6) is 0 Å². The number of hydrogen-bond donors (Lipinski definition) is 1. The van der Waals surface area contributed by atoms with Crippen molar-refractivity contribution in [1.29, 1.82) is 0 Å². The summed E-state index contributed by atoms with van der Waals surface area (Å²) in [6.07, 6.45) is 4.24. The van der Waals surface area contributed by atoms with Gasteiger partial charge >= 0.3 is 0 Å². The first-order chi connectivity index (χ1) is 8.54. The number of aryl methyl sites for hydroxylation is 1. The molecule has 0 heterocycles. The van der Waals surface area contributed by atoms with E-state index in [1.54, 1.807) is 7.11 Å². The van der Waals surface area contributed by atoms with Gasteiger partial charge in [0.1, 0.15) is 0 Å². The molecule has 0 aromatic heterocycles. The van der Waals surface area contributed by atoms with Crippen molar-refractivity contribution < 1.29 is 9.84 Å². The largest absolute Gasteiger partial charge is 0.393 e. The fourth-order valence-electron chi connectivity index (χ4n) is 2.64. The molecule has 1 aromatic carbocycles. The molecule has 18 heavy (non-hydrogen) atoms. The SMILES string of the molecule is COC1(CC(O)Cc2ccc(C)cc2Cl)CCC1. The van der Waals surface area contributed by atoms with Gasteiger partial charge in [0.2, 0.25) is 0 Å². The summed E-state index contributed by atoms with van der Waals surface area (Å²) < 4.78 is 5.54. The number of ether oxygens (including phenoxy) is 1. The molecule has 1 aliphatic carbocycles. The minimum absolute atomic E-state index is 0.0867. The van der Waals surface area contributed by atoms with E-state index >= 15 is 0 Å². The van der Waals surface area contributed by atoms with Crippen molar-refractivity contribution in [2.45, 2.75) is 50.7 Å². The van der Waals surface area contributed by atoms with Crippen LogP contribution < -0.4 is 0 Å². The second-order valence-corrected chi connectivity index (χ2v) is 5.80. The van der Waals surface area contributed by atoms with Gasteiger partial charge in [-0.25, -0.2) is 0 Å². The van der Waals surface area contributed by atoms with Crippen LogP contribution in [-0.2, 0) is 11.2 Å². The van der Waals surface area contributed by atoms with Gasteiger partial charge in [-0.1, -0.05) is 23.7 Å². The molecule has 3 heteroatoms. The fourth-order valence-corrected chi connectivity index (χ4v) is 2.95. The summed E-state index contributed by atoms with van der Waals surface area (Å²) in [7, 11) is 1.74. The summed E-state index contributed by atoms with van der Waals surface area (Å²) in [4.78, 5) is 0. The Morgan fingerprint density at radius 1 is 1.44 bits per heavy atom. The highest BCUT2D eigenvalue weighted by atomic mass is 35.5. The Hall–Kier alpha value is -0.570. The predicted molar refractivity (Wildman–Crippen MR) is 74.1 cm³/mol. The molecule has 1 unspecified atom stereocenters. The Balaban J connectivity index is 1.96. The Bertz CT molecular complexity index is 407. The lowest BCUT2D eigenvalue weighted by Crippen LogP contribution is -2.42. The third-order valence-electron chi connectivity index (χ3n) is 3.97. The molecule has 1 aliphatic rings. The number of methoxy groups -OCH3 is 1. The summed E-state index contributed by atoms with van der Waals surface area (Å²) in [5, 5.41) is 10.9. The van der Waals surface area contributed by atoms with Crippen LogP contribution in [-0.4, -0.2) is 23.9 Å². The van der Waals surface area contributed by atoms with E-state index in [0.29, 0.717) is 12.8 Å². The predicted octanol–water partition coefficient (Wildman–Crippen LogP) is 3.51. The zero-order chi connectivity index (χ0) is 13.2. The molecule has 1 fully saturated rings. The molecule has 0 aliphatic heterocycles. The Kier molecular flexibility index (Phi) is 4.31. The quantitative estimate of drug-likeness (QED) is 0.886. The molecule has 2 rings (SSSR count). The Morgan fingerprint density at radius 3 is 2.67 bits per heavy atom. The monoisotopic (exact) mass is 268 g/mol. The lowest BCUT2D eigenvalue weighted by molar-refractivity contribution is -0.0989. The molecular formula is C15H21ClO2. The number of aliphatic hydroxyl groups is 1. The average Bonchev–Trinajstić information content (AvgIpc) is 2.27. The minimum Gasteiger partial charge on any atom is -0.393 e. The summed E-state index contributed by atoms with van der Waals surface area (Å²) in [5.74, 6) is 0. The molecule has 0 amide bonds. The third kappa shape index (κ3) is 3.05. The molecule has 0 spiro atoms. The summed E-state index contributed by atoms with van der Waals surface area (Å²) in [5.41, 5.74) is 2.07. The van der Waals surface area contributed by atoms with Crippen LogP contribution in [0.4, 0.5) is 0 Å². The van der Waals surface area contributed by atoms with Crippen LogP contribution in [0, 0.1) is 6.92 Å². The molecule has 0 saturated heterocycles. The zero-order valence-electron chi connectivity index (χ0n) is 11.1. The maximum absolute atomic E-state index is 10.2. The van der Waals surface area contributed by atoms with E-state index in [4.69, 9.17) is 16.3 Å². The molecule has 100 valence electrons. The van der Waals surface area contributed by atoms with Crippen LogP contribution in [0.3, 0.4) is 0 Å². The van der Waals surface area contributed by atoms with Gasteiger partial charge in [-0.05, 0) is 49.8 Å². The van der Waals surface area contributed by atoms with Gasteiger partial charge in [0.25, 0.3) is 0 Å². The van der Waals surface area contributed by atoms with Crippen LogP contribution in [0.15, 0.2) is 18.2 Å². The van der Waals surface area contributed by atoms with Crippen molar-refractivity contribution in [2.24, 2.45) is 0 Å². The molecule has 1 saturated carbocycles. The average molecular weight is 269 g/mol. The third-order valence-corrected chi connectivity index (χ3v) is 4.32. The topological polar surface area (TPSA) is 29.5 Å². The maximum atomic E-state index is 10.2. The van der Waals surface area contributed by atoms with E-state index in [0.717, 1.165) is 29.0 Å². The normalized spacial score (nSPS) is 19.3. The zero-order valence-corrected chi connectivity index (χ0v) is 11.8. The van der Waals surface area contributed by atoms with Crippen molar-refractivity contribution in [2.75, 3.05) is 7.11 Å². The van der Waals surface area contributed by atoms with E-state index in [-0.39, 0.29) is 11.7 Å². The lowest BCUT2D eigenvalue weighted by Gasteiger charge is -2.41. The lowest BCUT2D eigenvalue weighted by atomic mass is 9.75. The second-order valence-electron chi connectivity index (χ2n) is 5.40. The fraction of sp³-hybridized carbons (Fsp3) is 0.600. The highest BCUT2D eigenvalue weighted by Gasteiger charge is 2.38. The number of benzene rings is 1. The Morgan fingerprint density at radius 2 is 2.17 bits per heavy atom. The number of halogens is 1. The van der Waals surface area contributed by atoms with Crippen LogP contribution in [0.25, 0.3) is 0 Å². The van der Waals surface area contributed by atoms with Gasteiger partial charge in [0.05, 0.1) is 11.7 Å². The molecule has 0 radical (unpaired) electrons. The first-order valence-corrected chi connectivity index (χ1v) is 6.91. The van der Waals surface area contributed by atoms with E-state index in [9.17, 15) is 5.11 Å². The van der Waals surface area contributed by atoms with E-state index < -0.39 is 0 Å². The molecule has 1 aromatic rings. The summed E-state index contributed by atoms with van der Waals surface area (Å²) in [6, 6.07) is 5.98. The van der Waals surface area contributed by atoms with Gasteiger partial charge in [0, 0.05) is 18.6 Å². The first kappa shape index (κ1) is 13.9. The van der Waals surface area contributed by atoms with Crippen molar-refractivity contribution in [3.63, 3.8) is 0 Å². The van der Waals surface area contributed by atoms with Crippen LogP contribution >= 0.6 is 11.6 Å². The number of rotatable bonds is 5. The second kappa shape index (κ2) is 5.60. The molecule has 1 N–H and O–H groups in total. The van der Waals surface area contributed by atoms with Crippen molar-refractivity contribution in [1.82, 2.24) is 0 Å². The van der Waals surface area contributed by atoms with Crippen molar-refractivity contribution in [3.8, 4) is 0 Å². The standard InChI is InChI=1S/C15H21ClO2/c1-11-4-5-12(14(16)8-11)9-13(17)10-15(18-2)6-3-7-15/h4-5,8,13,17H,3,6-7,9-10H2,1-2H3. The van der Waals surface area contributed by atoms with Gasteiger partial charge in [-0.3, -0.25) is 0 Å². The number of aliphatic hydroxyl groups excluding tert-OH is 1. The van der Waals surface area contributed by atoms with Gasteiger partial charge in [0.15, 0.2) is 0 Å². The van der Waals surface area contributed by atoms with Crippen LogP contribution in [0.1, 0.15) is 36.8 Å². The van der Waals surface area contributed by atoms with Gasteiger partial charge in [-0.2, -0.15) is 0 Å². The summed E-state index contributed by atoms with van der Waals surface area (Å²) >= 11 is 6.18. The smallest absolute Gasteiger partial charge is 0.0703 e. The Labute approximate surface area is 114 Å². The molecular weight excluding hydrogens is 248 g/mol. The number of hydrogen-bond acceptors (Lipinski definition) is 2. The molecule has 0 bridgehead atoms. The maximum Gasteiger partial charge on any atom is 0.0703 e. The van der Waals surface area contributed by atoms with E-state index in [1.807, 2.05) is 25.1 Å². The highest BCUT2D eigenvalue weighted by Crippen LogP contribution is 2.39. The van der Waals surface area contributed by atoms with E-state index in [1.165, 1.54) is 6.42 Å². The molecule has 2 nitrogen and oxygen atoms in total. The molecule has 1 atom stereocenters.